The molecule has 22 heavy (non-hydrogen) atoms. The van der Waals surface area contributed by atoms with Crippen molar-refractivity contribution in [1.82, 2.24) is 9.88 Å². The molecule has 112 valence electrons. The first-order chi connectivity index (χ1) is 10.7. The lowest BCUT2D eigenvalue weighted by Crippen LogP contribution is -2.29. The van der Waals surface area contributed by atoms with Crippen LogP contribution in [-0.2, 0) is 4.79 Å². The van der Waals surface area contributed by atoms with Crippen molar-refractivity contribution in [1.29, 1.82) is 0 Å². The zero-order chi connectivity index (χ0) is 15.5. The normalized spacial score (nSPS) is 19.2. The minimum atomic E-state index is -0.275. The van der Waals surface area contributed by atoms with Crippen molar-refractivity contribution in [3.05, 3.63) is 66.0 Å². The van der Waals surface area contributed by atoms with Gasteiger partial charge in [-0.2, -0.15) is 0 Å². The number of carbonyl (C=O) groups excluding carboxylic acids is 2. The SMILES string of the molecule is C[C@H](c1ccccc1)N1C[C@H](C(=O)c2cccnc2)CC1=O. The lowest BCUT2D eigenvalue weighted by atomic mass is 9.98. The van der Waals surface area contributed by atoms with Crippen molar-refractivity contribution in [3.8, 4) is 0 Å². The fraction of sp³-hybridized carbons (Fsp3) is 0.278. The molecule has 0 saturated carbocycles. The van der Waals surface area contributed by atoms with E-state index in [1.165, 1.54) is 0 Å². The molecular formula is C18H18N2O2. The summed E-state index contributed by atoms with van der Waals surface area (Å²) in [5, 5.41) is 0. The number of likely N-dealkylation sites (tertiary alicyclic amines) is 1. The number of pyridine rings is 1. The van der Waals surface area contributed by atoms with Crippen molar-refractivity contribution in [2.24, 2.45) is 5.92 Å². The van der Waals surface area contributed by atoms with Crippen LogP contribution in [0.15, 0.2) is 54.9 Å². The molecule has 1 aliphatic heterocycles. The minimum absolute atomic E-state index is 0.00390. The zero-order valence-corrected chi connectivity index (χ0v) is 12.5. The fourth-order valence-corrected chi connectivity index (χ4v) is 2.94. The summed E-state index contributed by atoms with van der Waals surface area (Å²) in [6.07, 6.45) is 3.49. The van der Waals surface area contributed by atoms with Gasteiger partial charge in [-0.3, -0.25) is 14.6 Å². The van der Waals surface area contributed by atoms with E-state index in [9.17, 15) is 9.59 Å². The number of benzene rings is 1. The average Bonchev–Trinajstić information content (AvgIpc) is 2.97. The molecule has 1 aliphatic rings. The van der Waals surface area contributed by atoms with Crippen molar-refractivity contribution >= 4 is 11.7 Å². The maximum absolute atomic E-state index is 12.5. The Morgan fingerprint density at radius 3 is 2.68 bits per heavy atom. The quantitative estimate of drug-likeness (QED) is 0.815. The Bertz CT molecular complexity index is 670. The largest absolute Gasteiger partial charge is 0.335 e. The molecule has 1 saturated heterocycles. The predicted molar refractivity (Wildman–Crippen MR) is 83.2 cm³/mol. The summed E-state index contributed by atoms with van der Waals surface area (Å²) in [6.45, 7) is 2.48. The van der Waals surface area contributed by atoms with Gasteiger partial charge in [0.15, 0.2) is 5.78 Å². The highest BCUT2D eigenvalue weighted by Gasteiger charge is 2.37. The zero-order valence-electron chi connectivity index (χ0n) is 12.5. The van der Waals surface area contributed by atoms with Crippen molar-refractivity contribution in [3.63, 3.8) is 0 Å². The smallest absolute Gasteiger partial charge is 0.223 e. The van der Waals surface area contributed by atoms with Crippen LogP contribution in [0.5, 0.6) is 0 Å². The molecule has 4 heteroatoms. The molecule has 2 aromatic rings. The Balaban J connectivity index is 1.75. The van der Waals surface area contributed by atoms with Crippen LogP contribution in [0.4, 0.5) is 0 Å². The van der Waals surface area contributed by atoms with Crippen LogP contribution in [0.1, 0.15) is 35.3 Å². The third kappa shape index (κ3) is 2.77. The lowest BCUT2D eigenvalue weighted by Gasteiger charge is -2.25. The van der Waals surface area contributed by atoms with Crippen LogP contribution in [0.25, 0.3) is 0 Å². The highest BCUT2D eigenvalue weighted by Crippen LogP contribution is 2.29. The molecule has 4 nitrogen and oxygen atoms in total. The van der Waals surface area contributed by atoms with Crippen LogP contribution in [0, 0.1) is 5.92 Å². The van der Waals surface area contributed by atoms with Gasteiger partial charge >= 0.3 is 0 Å². The van der Waals surface area contributed by atoms with Gasteiger partial charge in [0.25, 0.3) is 0 Å². The first kappa shape index (κ1) is 14.4. The molecule has 2 heterocycles. The van der Waals surface area contributed by atoms with Crippen LogP contribution < -0.4 is 0 Å². The molecule has 1 amide bonds. The Labute approximate surface area is 129 Å². The molecular weight excluding hydrogens is 276 g/mol. The van der Waals surface area contributed by atoms with Crippen LogP contribution >= 0.6 is 0 Å². The van der Waals surface area contributed by atoms with Gasteiger partial charge in [-0.05, 0) is 24.6 Å². The molecule has 0 N–H and O–H groups in total. The van der Waals surface area contributed by atoms with Gasteiger partial charge in [-0.15, -0.1) is 0 Å². The Morgan fingerprint density at radius 2 is 2.00 bits per heavy atom. The average molecular weight is 294 g/mol. The van der Waals surface area contributed by atoms with Gasteiger partial charge in [0, 0.05) is 36.8 Å². The Kier molecular flexibility index (Phi) is 4.00. The van der Waals surface area contributed by atoms with E-state index in [1.807, 2.05) is 37.3 Å². The van der Waals surface area contributed by atoms with E-state index < -0.39 is 0 Å². The van der Waals surface area contributed by atoms with Crippen LogP contribution in [0.2, 0.25) is 0 Å². The second kappa shape index (κ2) is 6.10. The second-order valence-electron chi connectivity index (χ2n) is 5.64. The third-order valence-corrected chi connectivity index (χ3v) is 4.22. The van der Waals surface area contributed by atoms with Gasteiger partial charge in [-0.1, -0.05) is 30.3 Å². The Morgan fingerprint density at radius 1 is 1.23 bits per heavy atom. The predicted octanol–water partition coefficient (Wildman–Crippen LogP) is 2.87. The summed E-state index contributed by atoms with van der Waals surface area (Å²) >= 11 is 0. The number of nitrogens with zero attached hydrogens (tertiary/aromatic N) is 2. The van der Waals surface area contributed by atoms with Gasteiger partial charge in [0.1, 0.15) is 0 Å². The fourth-order valence-electron chi connectivity index (χ4n) is 2.94. The number of aromatic nitrogens is 1. The topological polar surface area (TPSA) is 50.3 Å². The van der Waals surface area contributed by atoms with E-state index in [0.717, 1.165) is 5.56 Å². The first-order valence-electron chi connectivity index (χ1n) is 7.45. The maximum Gasteiger partial charge on any atom is 0.223 e. The van der Waals surface area contributed by atoms with Gasteiger partial charge in [0.05, 0.1) is 6.04 Å². The lowest BCUT2D eigenvalue weighted by molar-refractivity contribution is -0.129. The van der Waals surface area contributed by atoms with E-state index in [4.69, 9.17) is 0 Å². The highest BCUT2D eigenvalue weighted by molar-refractivity contribution is 6.01. The van der Waals surface area contributed by atoms with Crippen molar-refractivity contribution < 1.29 is 9.59 Å². The van der Waals surface area contributed by atoms with E-state index in [0.29, 0.717) is 12.1 Å². The van der Waals surface area contributed by atoms with Gasteiger partial charge in [-0.25, -0.2) is 0 Å². The van der Waals surface area contributed by atoms with Crippen molar-refractivity contribution in [2.75, 3.05) is 6.54 Å². The molecule has 0 bridgehead atoms. The summed E-state index contributed by atoms with van der Waals surface area (Å²) < 4.78 is 0. The van der Waals surface area contributed by atoms with E-state index in [1.54, 1.807) is 29.4 Å². The van der Waals surface area contributed by atoms with E-state index in [2.05, 4.69) is 4.98 Å². The summed E-state index contributed by atoms with van der Waals surface area (Å²) in [4.78, 5) is 30.5. The third-order valence-electron chi connectivity index (χ3n) is 4.22. The number of Topliss-reactive ketones (excluding diaryl/α,β-unsaturated/α-hetero) is 1. The molecule has 1 aromatic carbocycles. The number of amides is 1. The highest BCUT2D eigenvalue weighted by atomic mass is 16.2. The number of ketones is 1. The molecule has 1 aromatic heterocycles. The summed E-state index contributed by atoms with van der Waals surface area (Å²) in [5.74, 6) is -0.231. The molecule has 0 aliphatic carbocycles. The number of hydrogen-bond donors (Lipinski definition) is 0. The Hall–Kier alpha value is -2.49. The summed E-state index contributed by atoms with van der Waals surface area (Å²) in [7, 11) is 0. The van der Waals surface area contributed by atoms with Gasteiger partial charge < -0.3 is 4.90 Å². The van der Waals surface area contributed by atoms with Crippen molar-refractivity contribution in [2.45, 2.75) is 19.4 Å². The minimum Gasteiger partial charge on any atom is -0.335 e. The van der Waals surface area contributed by atoms with E-state index >= 15 is 0 Å². The molecule has 0 spiro atoms. The number of hydrogen-bond acceptors (Lipinski definition) is 3. The monoisotopic (exact) mass is 294 g/mol. The van der Waals surface area contributed by atoms with Gasteiger partial charge in [0.2, 0.25) is 5.91 Å². The summed E-state index contributed by atoms with van der Waals surface area (Å²) in [6, 6.07) is 13.4. The number of carbonyl (C=O) groups is 2. The standard InChI is InChI=1S/C18H18N2O2/c1-13(14-6-3-2-4-7-14)20-12-16(10-17(20)21)18(22)15-8-5-9-19-11-15/h2-9,11,13,16H,10,12H2,1H3/t13-,16-/m1/s1. The number of rotatable bonds is 4. The molecule has 0 radical (unpaired) electrons. The van der Waals surface area contributed by atoms with Crippen LogP contribution in [0.3, 0.4) is 0 Å². The maximum atomic E-state index is 12.5. The molecule has 2 atom stereocenters. The molecule has 0 unspecified atom stereocenters. The summed E-state index contributed by atoms with van der Waals surface area (Å²) in [5.41, 5.74) is 1.67. The molecule has 3 rings (SSSR count). The first-order valence-corrected chi connectivity index (χ1v) is 7.45. The van der Waals surface area contributed by atoms with Crippen LogP contribution in [-0.4, -0.2) is 28.1 Å². The molecule has 1 fully saturated rings. The second-order valence-corrected chi connectivity index (χ2v) is 5.64. The van der Waals surface area contributed by atoms with E-state index in [-0.39, 0.29) is 30.1 Å².